The molecule has 1 N–H and O–H groups in total. The third kappa shape index (κ3) is 3.44. The summed E-state index contributed by atoms with van der Waals surface area (Å²) in [4.78, 5) is 9.65. The van der Waals surface area contributed by atoms with Crippen LogP contribution in [0.3, 0.4) is 0 Å². The van der Waals surface area contributed by atoms with Gasteiger partial charge in [0.2, 0.25) is 5.88 Å². The summed E-state index contributed by atoms with van der Waals surface area (Å²) in [5.41, 5.74) is 6.97. The van der Waals surface area contributed by atoms with Gasteiger partial charge in [0, 0.05) is 11.9 Å². The van der Waals surface area contributed by atoms with Gasteiger partial charge in [0.15, 0.2) is 0 Å². The monoisotopic (exact) mass is 367 g/mol. The van der Waals surface area contributed by atoms with Crippen molar-refractivity contribution in [3.8, 4) is 17.1 Å². The molecule has 0 aliphatic heterocycles. The lowest BCUT2D eigenvalue weighted by Gasteiger charge is -2.16. The minimum atomic E-state index is 0.0646. The Morgan fingerprint density at radius 3 is 2.48 bits per heavy atom. The molecule has 3 aromatic heterocycles. The molecule has 27 heavy (non-hydrogen) atoms. The van der Waals surface area contributed by atoms with E-state index in [1.54, 1.807) is 7.11 Å². The number of rotatable bonds is 6. The van der Waals surface area contributed by atoms with Gasteiger partial charge in [-0.05, 0) is 55.5 Å². The Bertz CT molecular complexity index is 956. The summed E-state index contributed by atoms with van der Waals surface area (Å²) in [6.07, 6.45) is 2.96. The summed E-state index contributed by atoms with van der Waals surface area (Å²) in [6, 6.07) is 6.32. The number of pyridine rings is 2. The zero-order valence-electron chi connectivity index (χ0n) is 17.1. The third-order valence-electron chi connectivity index (χ3n) is 5.17. The van der Waals surface area contributed by atoms with Gasteiger partial charge in [-0.3, -0.25) is 0 Å². The molecule has 1 unspecified atom stereocenters. The molecule has 0 radical (unpaired) electrons. The van der Waals surface area contributed by atoms with Gasteiger partial charge in [-0.1, -0.05) is 20.8 Å². The van der Waals surface area contributed by atoms with Crippen molar-refractivity contribution in [3.05, 3.63) is 41.2 Å². The Morgan fingerprint density at radius 2 is 1.89 bits per heavy atom. The van der Waals surface area contributed by atoms with Crippen LogP contribution in [-0.2, 0) is 0 Å². The largest absolute Gasteiger partial charge is 0.480 e. The Labute approximate surface area is 161 Å². The molecule has 1 atom stereocenters. The van der Waals surface area contributed by atoms with E-state index in [0.717, 1.165) is 45.5 Å². The molecule has 144 valence electrons. The fraction of sp³-hybridized carbons (Fsp3) is 0.455. The van der Waals surface area contributed by atoms with E-state index in [2.05, 4.69) is 62.5 Å². The van der Waals surface area contributed by atoms with Crippen LogP contribution in [-0.4, -0.2) is 33.4 Å². The van der Waals surface area contributed by atoms with Crippen LogP contribution in [0.1, 0.15) is 56.0 Å². The quantitative estimate of drug-likeness (QED) is 0.680. The molecule has 5 heteroatoms. The van der Waals surface area contributed by atoms with E-state index >= 15 is 0 Å². The van der Waals surface area contributed by atoms with Gasteiger partial charge in [0.25, 0.3) is 0 Å². The first kappa shape index (κ1) is 19.4. The van der Waals surface area contributed by atoms with E-state index in [0.29, 0.717) is 11.8 Å². The number of fused-ring (bicyclic) bond motifs is 1. The molecule has 0 spiro atoms. The number of hydrogen-bond acceptors (Lipinski definition) is 4. The molecule has 3 aromatic rings. The van der Waals surface area contributed by atoms with Gasteiger partial charge in [0.05, 0.1) is 42.0 Å². The molecule has 0 bridgehead atoms. The number of aliphatic hydroxyl groups is 1. The van der Waals surface area contributed by atoms with E-state index < -0.39 is 0 Å². The maximum absolute atomic E-state index is 9.72. The third-order valence-corrected chi connectivity index (χ3v) is 5.17. The number of aliphatic hydroxyl groups excluding tert-OH is 1. The molecule has 0 saturated carbocycles. The first-order valence-corrected chi connectivity index (χ1v) is 9.56. The average molecular weight is 367 g/mol. The normalized spacial score (nSPS) is 12.7. The highest BCUT2D eigenvalue weighted by Gasteiger charge is 2.19. The van der Waals surface area contributed by atoms with Crippen molar-refractivity contribution in [1.29, 1.82) is 0 Å². The summed E-state index contributed by atoms with van der Waals surface area (Å²) >= 11 is 0. The second-order valence-electron chi connectivity index (χ2n) is 7.43. The van der Waals surface area contributed by atoms with Crippen molar-refractivity contribution in [2.45, 2.75) is 53.0 Å². The van der Waals surface area contributed by atoms with Crippen LogP contribution < -0.4 is 4.74 Å². The first-order chi connectivity index (χ1) is 12.9. The van der Waals surface area contributed by atoms with E-state index in [1.165, 1.54) is 0 Å². The fourth-order valence-corrected chi connectivity index (χ4v) is 3.53. The highest BCUT2D eigenvalue weighted by Crippen LogP contribution is 2.34. The fourth-order valence-electron chi connectivity index (χ4n) is 3.53. The lowest BCUT2D eigenvalue weighted by atomic mass is 10.0. The van der Waals surface area contributed by atoms with Crippen LogP contribution >= 0.6 is 0 Å². The van der Waals surface area contributed by atoms with Gasteiger partial charge in [-0.2, -0.15) is 0 Å². The lowest BCUT2D eigenvalue weighted by molar-refractivity contribution is 0.227. The molecule has 3 rings (SSSR count). The summed E-state index contributed by atoms with van der Waals surface area (Å²) < 4.78 is 7.72. The molecule has 0 aliphatic rings. The van der Waals surface area contributed by atoms with Crippen LogP contribution in [0, 0.1) is 13.8 Å². The number of aryl methyl sites for hydroxylation is 2. The highest BCUT2D eigenvalue weighted by molar-refractivity contribution is 5.85. The number of aromatic nitrogens is 3. The van der Waals surface area contributed by atoms with Crippen molar-refractivity contribution >= 4 is 11.0 Å². The first-order valence-electron chi connectivity index (χ1n) is 9.56. The molecule has 0 aromatic carbocycles. The second kappa shape index (κ2) is 7.69. The SMILES string of the molecule is CCC(CO)n1cc(C)c2nc(-c3ccc(C(C)C)nc3OC)c(C)cc21. The zero-order valence-corrected chi connectivity index (χ0v) is 17.1. The van der Waals surface area contributed by atoms with Crippen LogP contribution in [0.4, 0.5) is 0 Å². The number of nitrogens with zero attached hydrogens (tertiary/aromatic N) is 3. The predicted molar refractivity (Wildman–Crippen MR) is 109 cm³/mol. The van der Waals surface area contributed by atoms with Gasteiger partial charge in [-0.15, -0.1) is 0 Å². The molecule has 0 saturated heterocycles. The highest BCUT2D eigenvalue weighted by atomic mass is 16.5. The minimum Gasteiger partial charge on any atom is -0.480 e. The lowest BCUT2D eigenvalue weighted by Crippen LogP contribution is -2.11. The Hall–Kier alpha value is -2.40. The zero-order chi connectivity index (χ0) is 19.7. The van der Waals surface area contributed by atoms with Crippen LogP contribution in [0.15, 0.2) is 24.4 Å². The van der Waals surface area contributed by atoms with Crippen LogP contribution in [0.25, 0.3) is 22.3 Å². The summed E-state index contributed by atoms with van der Waals surface area (Å²) in [7, 11) is 1.65. The van der Waals surface area contributed by atoms with Crippen molar-refractivity contribution in [1.82, 2.24) is 14.5 Å². The van der Waals surface area contributed by atoms with E-state index in [-0.39, 0.29) is 12.6 Å². The summed E-state index contributed by atoms with van der Waals surface area (Å²) in [6.45, 7) is 10.6. The van der Waals surface area contributed by atoms with Crippen molar-refractivity contribution in [3.63, 3.8) is 0 Å². The molecule has 5 nitrogen and oxygen atoms in total. The second-order valence-corrected chi connectivity index (χ2v) is 7.43. The molecular formula is C22H29N3O2. The molecule has 0 aliphatic carbocycles. The topological polar surface area (TPSA) is 60.2 Å². The standard InChI is InChI=1S/C22H29N3O2/c1-7-16(12-26)25-11-15(5)21-19(25)10-14(4)20(24-21)17-8-9-18(13(2)3)23-22(17)27-6/h8-11,13,16,26H,7,12H2,1-6H3. The number of ether oxygens (including phenoxy) is 1. The Balaban J connectivity index is 2.20. The Morgan fingerprint density at radius 1 is 1.15 bits per heavy atom. The van der Waals surface area contributed by atoms with Gasteiger partial charge < -0.3 is 14.4 Å². The molecule has 0 amide bonds. The smallest absolute Gasteiger partial charge is 0.222 e. The van der Waals surface area contributed by atoms with Gasteiger partial charge in [-0.25, -0.2) is 9.97 Å². The summed E-state index contributed by atoms with van der Waals surface area (Å²) in [5, 5.41) is 9.72. The predicted octanol–water partition coefficient (Wildman–Crippen LogP) is 4.79. The van der Waals surface area contributed by atoms with E-state index in [9.17, 15) is 5.11 Å². The van der Waals surface area contributed by atoms with Crippen molar-refractivity contribution in [2.24, 2.45) is 0 Å². The number of methoxy groups -OCH3 is 1. The van der Waals surface area contributed by atoms with Crippen LogP contribution in [0.5, 0.6) is 5.88 Å². The van der Waals surface area contributed by atoms with E-state index in [1.807, 2.05) is 6.07 Å². The van der Waals surface area contributed by atoms with Crippen molar-refractivity contribution < 1.29 is 9.84 Å². The minimum absolute atomic E-state index is 0.0646. The molecule has 3 heterocycles. The molecule has 0 fully saturated rings. The Kier molecular flexibility index (Phi) is 5.51. The summed E-state index contributed by atoms with van der Waals surface area (Å²) in [5.74, 6) is 0.945. The maximum atomic E-state index is 9.72. The van der Waals surface area contributed by atoms with Gasteiger partial charge >= 0.3 is 0 Å². The number of hydrogen-bond donors (Lipinski definition) is 1. The van der Waals surface area contributed by atoms with Crippen LogP contribution in [0.2, 0.25) is 0 Å². The van der Waals surface area contributed by atoms with Gasteiger partial charge in [0.1, 0.15) is 0 Å². The van der Waals surface area contributed by atoms with Crippen molar-refractivity contribution in [2.75, 3.05) is 13.7 Å². The molecular weight excluding hydrogens is 338 g/mol. The van der Waals surface area contributed by atoms with E-state index in [4.69, 9.17) is 9.72 Å². The maximum Gasteiger partial charge on any atom is 0.222 e. The average Bonchev–Trinajstić information content (AvgIpc) is 2.97.